The summed E-state index contributed by atoms with van der Waals surface area (Å²) in [7, 11) is 0. The second-order valence-electron chi connectivity index (χ2n) is 4.30. The first-order chi connectivity index (χ1) is 9.42. The fraction of sp³-hybridized carbons (Fsp3) is 0.214. The van der Waals surface area contributed by atoms with Crippen molar-refractivity contribution in [2.75, 3.05) is 0 Å². The number of nitrogens with zero attached hydrogens (tertiary/aromatic N) is 1. The van der Waals surface area contributed by atoms with Gasteiger partial charge in [0.2, 0.25) is 5.88 Å². The van der Waals surface area contributed by atoms with Crippen molar-refractivity contribution in [3.63, 3.8) is 0 Å². The van der Waals surface area contributed by atoms with Crippen molar-refractivity contribution in [3.8, 4) is 11.6 Å². The van der Waals surface area contributed by atoms with Gasteiger partial charge in [-0.25, -0.2) is 4.98 Å². The van der Waals surface area contributed by atoms with Crippen LogP contribution in [0.15, 0.2) is 18.2 Å². The van der Waals surface area contributed by atoms with Crippen LogP contribution in [-0.2, 0) is 5.88 Å². The summed E-state index contributed by atoms with van der Waals surface area (Å²) < 4.78 is 5.76. The van der Waals surface area contributed by atoms with Gasteiger partial charge in [0.05, 0.1) is 20.9 Å². The molecule has 0 unspecified atom stereocenters. The van der Waals surface area contributed by atoms with Gasteiger partial charge >= 0.3 is 0 Å². The Balaban J connectivity index is 2.47. The van der Waals surface area contributed by atoms with Gasteiger partial charge in [0.1, 0.15) is 5.75 Å². The van der Waals surface area contributed by atoms with E-state index in [1.165, 1.54) is 6.07 Å². The summed E-state index contributed by atoms with van der Waals surface area (Å²) in [6, 6.07) is 5.04. The van der Waals surface area contributed by atoms with E-state index in [0.29, 0.717) is 32.6 Å². The third-order valence-corrected chi connectivity index (χ3v) is 4.04. The SMILES string of the molecule is Cc1cc(C)c(CCl)c(Oc2cc(Cl)c(Cl)cc2Cl)n1. The number of pyridine rings is 1. The zero-order valence-electron chi connectivity index (χ0n) is 10.8. The predicted octanol–water partition coefficient (Wildman–Crippen LogP) is 6.19. The van der Waals surface area contributed by atoms with Gasteiger partial charge in [0.25, 0.3) is 0 Å². The summed E-state index contributed by atoms with van der Waals surface area (Å²) in [4.78, 5) is 4.35. The summed E-state index contributed by atoms with van der Waals surface area (Å²) in [5, 5.41) is 1.10. The molecule has 2 aromatic rings. The smallest absolute Gasteiger partial charge is 0.224 e. The Kier molecular flexibility index (Phi) is 5.03. The Bertz CT molecular complexity index is 658. The zero-order valence-corrected chi connectivity index (χ0v) is 13.8. The van der Waals surface area contributed by atoms with E-state index in [1.54, 1.807) is 6.07 Å². The van der Waals surface area contributed by atoms with E-state index < -0.39 is 0 Å². The number of aromatic nitrogens is 1. The largest absolute Gasteiger partial charge is 0.437 e. The van der Waals surface area contributed by atoms with Crippen LogP contribution < -0.4 is 4.74 Å². The van der Waals surface area contributed by atoms with Crippen molar-refractivity contribution in [3.05, 3.63) is 50.1 Å². The van der Waals surface area contributed by atoms with E-state index in [-0.39, 0.29) is 0 Å². The van der Waals surface area contributed by atoms with Gasteiger partial charge in [-0.2, -0.15) is 0 Å². The molecule has 0 amide bonds. The molecule has 1 aromatic heterocycles. The lowest BCUT2D eigenvalue weighted by Crippen LogP contribution is -1.98. The molecule has 20 heavy (non-hydrogen) atoms. The molecule has 0 radical (unpaired) electrons. The second-order valence-corrected chi connectivity index (χ2v) is 5.79. The average molecular weight is 351 g/mol. The summed E-state index contributed by atoms with van der Waals surface area (Å²) >= 11 is 23.9. The number of hydrogen-bond donors (Lipinski definition) is 0. The monoisotopic (exact) mass is 349 g/mol. The van der Waals surface area contributed by atoms with Crippen molar-refractivity contribution in [1.29, 1.82) is 0 Å². The van der Waals surface area contributed by atoms with Crippen LogP contribution in [0.1, 0.15) is 16.8 Å². The lowest BCUT2D eigenvalue weighted by atomic mass is 10.1. The maximum absolute atomic E-state index is 6.10. The average Bonchev–Trinajstić information content (AvgIpc) is 2.35. The Morgan fingerprint density at radius 2 is 1.65 bits per heavy atom. The minimum absolute atomic E-state index is 0.299. The molecule has 1 aromatic carbocycles. The first-order valence-corrected chi connectivity index (χ1v) is 7.44. The van der Waals surface area contributed by atoms with Crippen LogP contribution >= 0.6 is 46.4 Å². The quantitative estimate of drug-likeness (QED) is 0.486. The lowest BCUT2D eigenvalue weighted by Gasteiger charge is -2.13. The van der Waals surface area contributed by atoms with Crippen LogP contribution in [-0.4, -0.2) is 4.98 Å². The number of benzene rings is 1. The fourth-order valence-electron chi connectivity index (χ4n) is 1.76. The minimum Gasteiger partial charge on any atom is -0.437 e. The van der Waals surface area contributed by atoms with Crippen LogP contribution in [0.5, 0.6) is 11.6 Å². The van der Waals surface area contributed by atoms with Crippen LogP contribution in [0.3, 0.4) is 0 Å². The highest BCUT2D eigenvalue weighted by atomic mass is 35.5. The van der Waals surface area contributed by atoms with Crippen LogP contribution in [0.2, 0.25) is 15.1 Å². The van der Waals surface area contributed by atoms with Crippen molar-refractivity contribution in [2.45, 2.75) is 19.7 Å². The molecular weight excluding hydrogens is 340 g/mol. The Morgan fingerprint density at radius 3 is 2.30 bits per heavy atom. The highest BCUT2D eigenvalue weighted by Crippen LogP contribution is 2.37. The summed E-state index contributed by atoms with van der Waals surface area (Å²) in [6.45, 7) is 3.84. The molecule has 0 fully saturated rings. The molecular formula is C14H11Cl4NO. The molecule has 106 valence electrons. The number of alkyl halides is 1. The molecule has 0 saturated carbocycles. The number of hydrogen-bond acceptors (Lipinski definition) is 2. The first-order valence-electron chi connectivity index (χ1n) is 5.78. The lowest BCUT2D eigenvalue weighted by molar-refractivity contribution is 0.456. The van der Waals surface area contributed by atoms with Gasteiger partial charge in [0.15, 0.2) is 0 Å². The molecule has 0 atom stereocenters. The van der Waals surface area contributed by atoms with Crippen LogP contribution in [0.25, 0.3) is 0 Å². The molecule has 1 heterocycles. The summed E-state index contributed by atoms with van der Waals surface area (Å²) in [5.74, 6) is 1.12. The normalized spacial score (nSPS) is 10.7. The number of aryl methyl sites for hydroxylation is 2. The van der Waals surface area contributed by atoms with Crippen molar-refractivity contribution >= 4 is 46.4 Å². The van der Waals surface area contributed by atoms with Crippen molar-refractivity contribution in [1.82, 2.24) is 4.98 Å². The van der Waals surface area contributed by atoms with Gasteiger partial charge in [0, 0.05) is 17.3 Å². The molecule has 0 N–H and O–H groups in total. The Morgan fingerprint density at radius 1 is 1.00 bits per heavy atom. The first kappa shape index (κ1) is 15.7. The van der Waals surface area contributed by atoms with Crippen molar-refractivity contribution < 1.29 is 4.74 Å². The van der Waals surface area contributed by atoms with E-state index in [2.05, 4.69) is 4.98 Å². The molecule has 2 rings (SSSR count). The highest BCUT2D eigenvalue weighted by Gasteiger charge is 2.14. The topological polar surface area (TPSA) is 22.1 Å². The molecule has 0 saturated heterocycles. The summed E-state index contributed by atoms with van der Waals surface area (Å²) in [5.41, 5.74) is 2.67. The number of ether oxygens (including phenoxy) is 1. The Hall–Kier alpha value is -0.670. The molecule has 0 aliphatic heterocycles. The number of rotatable bonds is 3. The second kappa shape index (κ2) is 6.40. The van der Waals surface area contributed by atoms with Gasteiger partial charge in [-0.05, 0) is 31.5 Å². The van der Waals surface area contributed by atoms with E-state index >= 15 is 0 Å². The zero-order chi connectivity index (χ0) is 14.9. The number of halogens is 4. The standard InChI is InChI=1S/C14H11Cl4NO/c1-7-3-8(2)19-14(9(7)6-15)20-13-5-11(17)10(16)4-12(13)18/h3-5H,6H2,1-2H3. The molecule has 6 heteroatoms. The van der Waals surface area contributed by atoms with Gasteiger partial charge < -0.3 is 4.74 Å². The fourth-order valence-corrected chi connectivity index (χ4v) is 2.66. The van der Waals surface area contributed by atoms with Gasteiger partial charge in [-0.15, -0.1) is 11.6 Å². The predicted molar refractivity (Wildman–Crippen MR) is 84.8 cm³/mol. The molecule has 2 nitrogen and oxygen atoms in total. The van der Waals surface area contributed by atoms with E-state index in [4.69, 9.17) is 51.1 Å². The van der Waals surface area contributed by atoms with E-state index in [1.807, 2.05) is 19.9 Å². The molecule has 0 bridgehead atoms. The van der Waals surface area contributed by atoms with E-state index in [9.17, 15) is 0 Å². The van der Waals surface area contributed by atoms with Crippen LogP contribution in [0, 0.1) is 13.8 Å². The van der Waals surface area contributed by atoms with Gasteiger partial charge in [-0.1, -0.05) is 34.8 Å². The highest BCUT2D eigenvalue weighted by molar-refractivity contribution is 6.43. The third-order valence-electron chi connectivity index (χ3n) is 2.75. The molecule has 0 spiro atoms. The maximum atomic E-state index is 6.10. The minimum atomic E-state index is 0.299. The van der Waals surface area contributed by atoms with Crippen LogP contribution in [0.4, 0.5) is 0 Å². The van der Waals surface area contributed by atoms with Crippen molar-refractivity contribution in [2.24, 2.45) is 0 Å². The molecule has 0 aliphatic rings. The summed E-state index contributed by atoms with van der Waals surface area (Å²) in [6.07, 6.45) is 0. The third kappa shape index (κ3) is 3.32. The Labute approximate surface area is 137 Å². The maximum Gasteiger partial charge on any atom is 0.224 e. The van der Waals surface area contributed by atoms with Gasteiger partial charge in [-0.3, -0.25) is 0 Å². The van der Waals surface area contributed by atoms with E-state index in [0.717, 1.165) is 16.8 Å². The molecule has 0 aliphatic carbocycles.